The molecule has 1 aromatic carbocycles. The van der Waals surface area contributed by atoms with E-state index in [4.69, 9.17) is 5.73 Å². The van der Waals surface area contributed by atoms with E-state index in [-0.39, 0.29) is 0 Å². The van der Waals surface area contributed by atoms with Crippen molar-refractivity contribution in [2.24, 2.45) is 0 Å². The highest BCUT2D eigenvalue weighted by molar-refractivity contribution is 7.07. The van der Waals surface area contributed by atoms with Gasteiger partial charge >= 0.3 is 0 Å². The van der Waals surface area contributed by atoms with Crippen molar-refractivity contribution in [3.8, 4) is 0 Å². The van der Waals surface area contributed by atoms with Gasteiger partial charge < -0.3 is 5.73 Å². The monoisotopic (exact) mass is 229 g/mol. The zero-order chi connectivity index (χ0) is 11.2. The van der Waals surface area contributed by atoms with Crippen molar-refractivity contribution >= 4 is 28.1 Å². The van der Waals surface area contributed by atoms with Crippen LogP contribution in [0, 0.1) is 0 Å². The molecule has 0 aliphatic heterocycles. The van der Waals surface area contributed by atoms with Crippen LogP contribution in [0.3, 0.4) is 0 Å². The summed E-state index contributed by atoms with van der Waals surface area (Å²) in [6, 6.07) is 11.7. The number of benzene rings is 1. The van der Waals surface area contributed by atoms with Crippen molar-refractivity contribution in [3.63, 3.8) is 0 Å². The van der Waals surface area contributed by atoms with Crippen LogP contribution in [0.4, 0.5) is 5.82 Å². The summed E-state index contributed by atoms with van der Waals surface area (Å²) in [6.07, 6.45) is 1.77. The molecule has 0 radical (unpaired) electrons. The second-order valence-electron chi connectivity index (χ2n) is 3.10. The number of hydrogen-bond acceptors (Lipinski definition) is 4. The minimum absolute atomic E-state index is 0.573. The predicted octanol–water partition coefficient (Wildman–Crippen LogP) is 2.96. The first-order valence-corrected chi connectivity index (χ1v) is 5.74. The highest BCUT2D eigenvalue weighted by Gasteiger charge is 1.91. The van der Waals surface area contributed by atoms with E-state index in [2.05, 4.69) is 9.97 Å². The Morgan fingerprint density at radius 2 is 1.94 bits per heavy atom. The number of anilines is 1. The summed E-state index contributed by atoms with van der Waals surface area (Å²) in [7, 11) is 0. The van der Waals surface area contributed by atoms with Gasteiger partial charge in [-0.25, -0.2) is 4.98 Å². The fourth-order valence-corrected chi connectivity index (χ4v) is 1.61. The largest absolute Gasteiger partial charge is 0.384 e. The Morgan fingerprint density at radius 3 is 2.62 bits per heavy atom. The molecule has 0 unspecified atom stereocenters. The molecule has 0 fully saturated rings. The van der Waals surface area contributed by atoms with Gasteiger partial charge in [0.2, 0.25) is 0 Å². The van der Waals surface area contributed by atoms with Crippen molar-refractivity contribution in [2.45, 2.75) is 0 Å². The van der Waals surface area contributed by atoms with Crippen LogP contribution in [0.2, 0.25) is 0 Å². The molecular formula is C12H11N3S. The number of thiazole rings is 1. The molecule has 80 valence electrons. The number of nitrogen functional groups attached to an aromatic ring is 1. The van der Waals surface area contributed by atoms with Crippen LogP contribution >= 0.6 is 11.3 Å². The zero-order valence-corrected chi connectivity index (χ0v) is 9.39. The van der Waals surface area contributed by atoms with Gasteiger partial charge in [-0.1, -0.05) is 18.2 Å². The molecule has 0 spiro atoms. The molecule has 2 aromatic heterocycles. The molecule has 3 rings (SSSR count). The predicted molar refractivity (Wildman–Crippen MR) is 68.3 cm³/mol. The molecule has 0 aliphatic rings. The first-order valence-electron chi connectivity index (χ1n) is 4.80. The van der Waals surface area contributed by atoms with E-state index in [0.717, 1.165) is 10.9 Å². The average molecular weight is 229 g/mol. The van der Waals surface area contributed by atoms with Crippen molar-refractivity contribution < 1.29 is 0 Å². The molecule has 16 heavy (non-hydrogen) atoms. The lowest BCUT2D eigenvalue weighted by Crippen LogP contribution is -1.88. The molecule has 3 aromatic rings. The number of pyridine rings is 1. The molecule has 0 amide bonds. The van der Waals surface area contributed by atoms with E-state index >= 15 is 0 Å². The Hall–Kier alpha value is -1.94. The maximum atomic E-state index is 5.51. The van der Waals surface area contributed by atoms with Gasteiger partial charge in [0.25, 0.3) is 0 Å². The van der Waals surface area contributed by atoms with Crippen molar-refractivity contribution in [1.29, 1.82) is 0 Å². The van der Waals surface area contributed by atoms with E-state index in [0.29, 0.717) is 5.82 Å². The molecule has 0 aliphatic carbocycles. The topological polar surface area (TPSA) is 51.8 Å². The third-order valence-corrected chi connectivity index (χ3v) is 2.49. The van der Waals surface area contributed by atoms with Gasteiger partial charge in [-0.3, -0.25) is 4.98 Å². The summed E-state index contributed by atoms with van der Waals surface area (Å²) < 4.78 is 0. The summed E-state index contributed by atoms with van der Waals surface area (Å²) in [4.78, 5) is 7.89. The van der Waals surface area contributed by atoms with Crippen LogP contribution < -0.4 is 5.73 Å². The maximum Gasteiger partial charge on any atom is 0.124 e. The maximum absolute atomic E-state index is 5.51. The second-order valence-corrected chi connectivity index (χ2v) is 3.86. The van der Waals surface area contributed by atoms with E-state index < -0.39 is 0 Å². The van der Waals surface area contributed by atoms with Crippen molar-refractivity contribution in [2.75, 3.05) is 5.73 Å². The normalized spacial score (nSPS) is 9.50. The van der Waals surface area contributed by atoms with Crippen molar-refractivity contribution in [1.82, 2.24) is 9.97 Å². The Bertz CT molecular complexity index is 532. The fraction of sp³-hybridized carbons (Fsp3) is 0. The lowest BCUT2D eigenvalue weighted by Gasteiger charge is -1.95. The molecule has 4 heteroatoms. The zero-order valence-electron chi connectivity index (χ0n) is 8.58. The molecular weight excluding hydrogens is 218 g/mol. The molecule has 0 saturated carbocycles. The Balaban J connectivity index is 0.000000162. The van der Waals surface area contributed by atoms with E-state index in [1.807, 2.05) is 41.8 Å². The number of hydrogen-bond donors (Lipinski definition) is 1. The number of nitrogens with zero attached hydrogens (tertiary/aromatic N) is 2. The standard InChI is InChI=1S/C9H8N2.C3H3NS/c10-9-6-5-7-3-1-2-4-8(7)11-9;1-2-5-3-4-1/h1-6H,(H2,10,11);1-3H. The van der Waals surface area contributed by atoms with Gasteiger partial charge in [-0.15, -0.1) is 11.3 Å². The Kier molecular flexibility index (Phi) is 3.46. The van der Waals surface area contributed by atoms with E-state index in [1.165, 1.54) is 0 Å². The van der Waals surface area contributed by atoms with Gasteiger partial charge in [0.05, 0.1) is 11.0 Å². The number of aromatic nitrogens is 2. The highest BCUT2D eigenvalue weighted by Crippen LogP contribution is 2.11. The fourth-order valence-electron chi connectivity index (χ4n) is 1.26. The van der Waals surface area contributed by atoms with E-state index in [9.17, 15) is 0 Å². The molecule has 2 N–H and O–H groups in total. The third-order valence-electron chi connectivity index (χ3n) is 1.97. The van der Waals surface area contributed by atoms with Crippen LogP contribution in [0.5, 0.6) is 0 Å². The van der Waals surface area contributed by atoms with Crippen LogP contribution in [-0.2, 0) is 0 Å². The molecule has 0 atom stereocenters. The summed E-state index contributed by atoms with van der Waals surface area (Å²) in [5, 5.41) is 3.06. The minimum Gasteiger partial charge on any atom is -0.384 e. The molecule has 3 nitrogen and oxygen atoms in total. The SMILES string of the molecule is Nc1ccc2ccccc2n1.c1cscn1. The Labute approximate surface area is 97.6 Å². The lowest BCUT2D eigenvalue weighted by molar-refractivity contribution is 1.42. The third kappa shape index (κ3) is 2.77. The summed E-state index contributed by atoms with van der Waals surface area (Å²) in [5.41, 5.74) is 8.26. The van der Waals surface area contributed by atoms with Crippen LogP contribution in [-0.4, -0.2) is 9.97 Å². The Morgan fingerprint density at radius 1 is 1.06 bits per heavy atom. The van der Waals surface area contributed by atoms with Crippen LogP contribution in [0.25, 0.3) is 10.9 Å². The summed E-state index contributed by atoms with van der Waals surface area (Å²) in [5.74, 6) is 0.573. The van der Waals surface area contributed by atoms with Crippen LogP contribution in [0.1, 0.15) is 0 Å². The van der Waals surface area contributed by atoms with Gasteiger partial charge in [-0.2, -0.15) is 0 Å². The second kappa shape index (κ2) is 5.23. The number of fused-ring (bicyclic) bond motifs is 1. The number of nitrogens with two attached hydrogens (primary N) is 1. The van der Waals surface area contributed by atoms with E-state index in [1.54, 1.807) is 23.0 Å². The van der Waals surface area contributed by atoms with Crippen LogP contribution in [0.15, 0.2) is 53.5 Å². The first kappa shape index (κ1) is 10.6. The van der Waals surface area contributed by atoms with Gasteiger partial charge in [0.15, 0.2) is 0 Å². The highest BCUT2D eigenvalue weighted by atomic mass is 32.1. The molecule has 2 heterocycles. The lowest BCUT2D eigenvalue weighted by atomic mass is 10.2. The number of rotatable bonds is 0. The van der Waals surface area contributed by atoms with Gasteiger partial charge in [0, 0.05) is 17.0 Å². The summed E-state index contributed by atoms with van der Waals surface area (Å²) >= 11 is 1.60. The molecule has 0 saturated heterocycles. The summed E-state index contributed by atoms with van der Waals surface area (Å²) in [6.45, 7) is 0. The average Bonchev–Trinajstić information content (AvgIpc) is 2.87. The van der Waals surface area contributed by atoms with Gasteiger partial charge in [-0.05, 0) is 18.2 Å². The quantitative estimate of drug-likeness (QED) is 0.644. The minimum atomic E-state index is 0.573. The van der Waals surface area contributed by atoms with Gasteiger partial charge in [0.1, 0.15) is 5.82 Å². The number of para-hydroxylation sites is 1. The molecule has 0 bridgehead atoms. The smallest absolute Gasteiger partial charge is 0.124 e. The first-order chi connectivity index (χ1) is 7.86. The van der Waals surface area contributed by atoms with Crippen molar-refractivity contribution in [3.05, 3.63) is 53.5 Å².